The minimum absolute atomic E-state index is 0.428. The predicted molar refractivity (Wildman–Crippen MR) is 89.3 cm³/mol. The van der Waals surface area contributed by atoms with Gasteiger partial charge in [0.2, 0.25) is 5.95 Å². The van der Waals surface area contributed by atoms with Crippen molar-refractivity contribution in [3.63, 3.8) is 0 Å². The van der Waals surface area contributed by atoms with Gasteiger partial charge in [0.25, 0.3) is 0 Å². The maximum absolute atomic E-state index is 12.9. The molecule has 1 aliphatic heterocycles. The number of imidazole rings is 1. The molecule has 2 aromatic heterocycles. The third kappa shape index (κ3) is 2.88. The fourth-order valence-electron chi connectivity index (χ4n) is 2.71. The predicted octanol–water partition coefficient (Wildman–Crippen LogP) is 2.27. The van der Waals surface area contributed by atoms with Gasteiger partial charge in [0, 0.05) is 18.8 Å². The first kappa shape index (κ1) is 14.8. The molecule has 0 saturated carbocycles. The van der Waals surface area contributed by atoms with Crippen molar-refractivity contribution < 1.29 is 9.13 Å². The Balaban J connectivity index is 1.69. The average Bonchev–Trinajstić information content (AvgIpc) is 3.11. The van der Waals surface area contributed by atoms with Crippen LogP contribution in [0, 0.1) is 0 Å². The molecule has 1 saturated heterocycles. The SMILES string of the molecule is FCC1CN(c2nc(Nc3ccccc3)c3[nH]cnc3n2)CCO1. The van der Waals surface area contributed by atoms with Crippen LogP contribution in [-0.2, 0) is 4.74 Å². The van der Waals surface area contributed by atoms with Crippen molar-refractivity contribution in [1.29, 1.82) is 0 Å². The molecule has 1 aliphatic rings. The van der Waals surface area contributed by atoms with Gasteiger partial charge in [-0.2, -0.15) is 9.97 Å². The van der Waals surface area contributed by atoms with Crippen LogP contribution in [0.15, 0.2) is 36.7 Å². The fraction of sp³-hybridized carbons (Fsp3) is 0.312. The Morgan fingerprint density at radius 3 is 3.00 bits per heavy atom. The zero-order valence-electron chi connectivity index (χ0n) is 12.9. The maximum atomic E-state index is 12.9. The van der Waals surface area contributed by atoms with Crippen LogP contribution in [0.5, 0.6) is 0 Å². The summed E-state index contributed by atoms with van der Waals surface area (Å²) in [7, 11) is 0. The van der Waals surface area contributed by atoms with Crippen LogP contribution in [-0.4, -0.2) is 52.4 Å². The molecule has 2 N–H and O–H groups in total. The summed E-state index contributed by atoms with van der Waals surface area (Å²) in [5.41, 5.74) is 2.22. The monoisotopic (exact) mass is 328 g/mol. The van der Waals surface area contributed by atoms with Crippen LogP contribution in [0.3, 0.4) is 0 Å². The number of morpholine rings is 1. The third-order valence-electron chi connectivity index (χ3n) is 3.90. The Kier molecular flexibility index (Phi) is 3.96. The summed E-state index contributed by atoms with van der Waals surface area (Å²) in [6, 6.07) is 9.76. The molecule has 3 heterocycles. The van der Waals surface area contributed by atoms with E-state index in [1.807, 2.05) is 35.2 Å². The highest BCUT2D eigenvalue weighted by molar-refractivity contribution is 5.86. The molecule has 4 rings (SSSR count). The van der Waals surface area contributed by atoms with E-state index in [0.29, 0.717) is 37.1 Å². The van der Waals surface area contributed by atoms with Crippen molar-refractivity contribution in [2.45, 2.75) is 6.10 Å². The number of nitrogens with zero attached hydrogens (tertiary/aromatic N) is 4. The van der Waals surface area contributed by atoms with E-state index in [4.69, 9.17) is 4.74 Å². The van der Waals surface area contributed by atoms with Crippen molar-refractivity contribution in [1.82, 2.24) is 19.9 Å². The number of benzene rings is 1. The number of ether oxygens (including phenoxy) is 1. The van der Waals surface area contributed by atoms with Gasteiger partial charge in [-0.05, 0) is 12.1 Å². The Morgan fingerprint density at radius 2 is 2.17 bits per heavy atom. The molecule has 1 atom stereocenters. The van der Waals surface area contributed by atoms with Gasteiger partial charge in [-0.1, -0.05) is 18.2 Å². The quantitative estimate of drug-likeness (QED) is 0.765. The second-order valence-corrected chi connectivity index (χ2v) is 5.56. The number of para-hydroxylation sites is 1. The number of aromatic nitrogens is 4. The van der Waals surface area contributed by atoms with Gasteiger partial charge in [0.1, 0.15) is 18.3 Å². The summed E-state index contributed by atoms with van der Waals surface area (Å²) >= 11 is 0. The second kappa shape index (κ2) is 6.40. The lowest BCUT2D eigenvalue weighted by Gasteiger charge is -2.31. The molecule has 3 aromatic rings. The van der Waals surface area contributed by atoms with Crippen LogP contribution in [0.1, 0.15) is 0 Å². The van der Waals surface area contributed by atoms with Crippen molar-refractivity contribution >= 4 is 28.6 Å². The van der Waals surface area contributed by atoms with Gasteiger partial charge >= 0.3 is 0 Å². The van der Waals surface area contributed by atoms with E-state index < -0.39 is 12.8 Å². The van der Waals surface area contributed by atoms with Crippen LogP contribution < -0.4 is 10.2 Å². The number of nitrogens with one attached hydrogen (secondary N) is 2. The van der Waals surface area contributed by atoms with Gasteiger partial charge in [-0.25, -0.2) is 9.37 Å². The number of H-pyrrole nitrogens is 1. The first-order valence-electron chi connectivity index (χ1n) is 7.79. The van der Waals surface area contributed by atoms with Gasteiger partial charge in [-0.3, -0.25) is 0 Å². The van der Waals surface area contributed by atoms with Crippen molar-refractivity contribution in [2.75, 3.05) is 36.6 Å². The minimum Gasteiger partial charge on any atom is -0.372 e. The van der Waals surface area contributed by atoms with Crippen molar-refractivity contribution in [2.24, 2.45) is 0 Å². The Bertz CT molecular complexity index is 824. The molecule has 24 heavy (non-hydrogen) atoms. The van der Waals surface area contributed by atoms with Crippen molar-refractivity contribution in [3.8, 4) is 0 Å². The first-order chi connectivity index (χ1) is 11.8. The lowest BCUT2D eigenvalue weighted by Crippen LogP contribution is -2.44. The van der Waals surface area contributed by atoms with Crippen LogP contribution in [0.25, 0.3) is 11.2 Å². The Hall–Kier alpha value is -2.74. The number of rotatable bonds is 4. The number of halogens is 1. The highest BCUT2D eigenvalue weighted by Crippen LogP contribution is 2.25. The summed E-state index contributed by atoms with van der Waals surface area (Å²) in [6.07, 6.45) is 1.14. The third-order valence-corrected chi connectivity index (χ3v) is 3.90. The Morgan fingerprint density at radius 1 is 1.29 bits per heavy atom. The molecule has 0 amide bonds. The van der Waals surface area contributed by atoms with Crippen LogP contribution in [0.4, 0.5) is 21.8 Å². The molecule has 7 nitrogen and oxygen atoms in total. The molecule has 124 valence electrons. The summed E-state index contributed by atoms with van der Waals surface area (Å²) in [5.74, 6) is 1.16. The topological polar surface area (TPSA) is 79.0 Å². The van der Waals surface area contributed by atoms with E-state index in [1.54, 1.807) is 6.33 Å². The zero-order chi connectivity index (χ0) is 16.4. The van der Waals surface area contributed by atoms with Crippen LogP contribution in [0.2, 0.25) is 0 Å². The van der Waals surface area contributed by atoms with Crippen LogP contribution >= 0.6 is 0 Å². The molecular weight excluding hydrogens is 311 g/mol. The largest absolute Gasteiger partial charge is 0.372 e. The number of aromatic amines is 1. The van der Waals surface area contributed by atoms with E-state index in [1.165, 1.54) is 0 Å². The molecule has 0 spiro atoms. The Labute approximate surface area is 137 Å². The standard InChI is InChI=1S/C16H17FN6O/c17-8-12-9-23(6-7-24-12)16-21-14-13(18-10-19-14)15(22-16)20-11-4-2-1-3-5-11/h1-5,10,12H,6-9H2,(H2,18,19,20,21,22). The smallest absolute Gasteiger partial charge is 0.229 e. The van der Waals surface area contributed by atoms with Gasteiger partial charge in [0.05, 0.1) is 12.9 Å². The highest BCUT2D eigenvalue weighted by Gasteiger charge is 2.23. The number of fused-ring (bicyclic) bond motifs is 1. The minimum atomic E-state index is -0.518. The molecule has 0 radical (unpaired) electrons. The average molecular weight is 328 g/mol. The van der Waals surface area contributed by atoms with Crippen molar-refractivity contribution in [3.05, 3.63) is 36.7 Å². The lowest BCUT2D eigenvalue weighted by molar-refractivity contribution is 0.0242. The summed E-state index contributed by atoms with van der Waals surface area (Å²) < 4.78 is 18.3. The van der Waals surface area contributed by atoms with Gasteiger partial charge < -0.3 is 19.9 Å². The summed E-state index contributed by atoms with van der Waals surface area (Å²) in [4.78, 5) is 18.3. The molecule has 1 fully saturated rings. The second-order valence-electron chi connectivity index (χ2n) is 5.56. The number of hydrogen-bond donors (Lipinski definition) is 2. The van der Waals surface area contributed by atoms with E-state index in [-0.39, 0.29) is 0 Å². The van der Waals surface area contributed by atoms with E-state index in [2.05, 4.69) is 25.3 Å². The van der Waals surface area contributed by atoms with E-state index >= 15 is 0 Å². The summed E-state index contributed by atoms with van der Waals surface area (Å²) in [5, 5.41) is 3.28. The fourth-order valence-corrected chi connectivity index (χ4v) is 2.71. The van der Waals surface area contributed by atoms with E-state index in [0.717, 1.165) is 11.2 Å². The maximum Gasteiger partial charge on any atom is 0.229 e. The number of anilines is 3. The normalized spacial score (nSPS) is 18.0. The molecule has 1 unspecified atom stereocenters. The molecular formula is C16H17FN6O. The zero-order valence-corrected chi connectivity index (χ0v) is 12.9. The number of alkyl halides is 1. The van der Waals surface area contributed by atoms with Gasteiger partial charge in [-0.15, -0.1) is 0 Å². The molecule has 8 heteroatoms. The number of hydrogen-bond acceptors (Lipinski definition) is 6. The van der Waals surface area contributed by atoms with Gasteiger partial charge in [0.15, 0.2) is 11.5 Å². The highest BCUT2D eigenvalue weighted by atomic mass is 19.1. The lowest BCUT2D eigenvalue weighted by atomic mass is 10.3. The summed E-state index contributed by atoms with van der Waals surface area (Å²) in [6.45, 7) is 0.989. The first-order valence-corrected chi connectivity index (χ1v) is 7.79. The molecule has 0 bridgehead atoms. The molecule has 1 aromatic carbocycles. The van der Waals surface area contributed by atoms with E-state index in [9.17, 15) is 4.39 Å². The molecule has 0 aliphatic carbocycles.